The van der Waals surface area contributed by atoms with Crippen LogP contribution < -0.4 is 5.32 Å². The number of nitrogens with zero attached hydrogens (tertiary/aromatic N) is 1. The van der Waals surface area contributed by atoms with E-state index in [2.05, 4.69) is 41.4 Å². The van der Waals surface area contributed by atoms with Gasteiger partial charge in [0.15, 0.2) is 0 Å². The summed E-state index contributed by atoms with van der Waals surface area (Å²) in [7, 11) is 0. The SMILES string of the molecule is Cc1ccc(SC2(C(=O)N3CCCNCC3)CCCC2)cc1. The molecule has 1 aromatic carbocycles. The van der Waals surface area contributed by atoms with Gasteiger partial charge in [-0.25, -0.2) is 0 Å². The Bertz CT molecular complexity index is 500. The van der Waals surface area contributed by atoms with Gasteiger partial charge in [-0.15, -0.1) is 11.8 Å². The van der Waals surface area contributed by atoms with Gasteiger partial charge >= 0.3 is 0 Å². The van der Waals surface area contributed by atoms with Crippen LogP contribution in [0.4, 0.5) is 0 Å². The standard InChI is InChI=1S/C18H26N2OS/c1-15-5-7-16(8-6-15)22-18(9-2-3-10-18)17(21)20-13-4-11-19-12-14-20/h5-8,19H,2-4,9-14H2,1H3. The Labute approximate surface area is 137 Å². The summed E-state index contributed by atoms with van der Waals surface area (Å²) < 4.78 is -0.223. The fourth-order valence-electron chi connectivity index (χ4n) is 3.47. The predicted octanol–water partition coefficient (Wildman–Crippen LogP) is 3.22. The van der Waals surface area contributed by atoms with E-state index in [1.807, 2.05) is 0 Å². The van der Waals surface area contributed by atoms with Gasteiger partial charge in [-0.2, -0.15) is 0 Å². The van der Waals surface area contributed by atoms with Gasteiger partial charge in [-0.05, 0) is 44.9 Å². The minimum absolute atomic E-state index is 0.223. The first-order valence-electron chi connectivity index (χ1n) is 8.45. The fourth-order valence-corrected chi connectivity index (χ4v) is 4.91. The summed E-state index contributed by atoms with van der Waals surface area (Å²) in [6.07, 6.45) is 5.47. The largest absolute Gasteiger partial charge is 0.340 e. The Morgan fingerprint density at radius 2 is 1.82 bits per heavy atom. The Kier molecular flexibility index (Phi) is 5.09. The van der Waals surface area contributed by atoms with E-state index in [0.29, 0.717) is 5.91 Å². The molecule has 2 fully saturated rings. The van der Waals surface area contributed by atoms with Crippen LogP contribution in [-0.2, 0) is 4.79 Å². The maximum Gasteiger partial charge on any atom is 0.239 e. The first-order chi connectivity index (χ1) is 10.7. The van der Waals surface area contributed by atoms with Crippen molar-refractivity contribution in [3.63, 3.8) is 0 Å². The number of thioether (sulfide) groups is 1. The molecule has 1 amide bonds. The third kappa shape index (κ3) is 3.49. The van der Waals surface area contributed by atoms with Gasteiger partial charge in [0.25, 0.3) is 0 Å². The summed E-state index contributed by atoms with van der Waals surface area (Å²) in [5.74, 6) is 0.374. The third-order valence-electron chi connectivity index (χ3n) is 4.76. The van der Waals surface area contributed by atoms with E-state index in [4.69, 9.17) is 0 Å². The molecule has 120 valence electrons. The van der Waals surface area contributed by atoms with Crippen LogP contribution in [0.15, 0.2) is 29.2 Å². The highest BCUT2D eigenvalue weighted by molar-refractivity contribution is 8.01. The molecule has 4 heteroatoms. The lowest BCUT2D eigenvalue weighted by atomic mass is 10.1. The molecule has 3 nitrogen and oxygen atoms in total. The number of rotatable bonds is 3. The highest BCUT2D eigenvalue weighted by atomic mass is 32.2. The Hall–Kier alpha value is -1.00. The van der Waals surface area contributed by atoms with Gasteiger partial charge in [-0.3, -0.25) is 4.79 Å². The van der Waals surface area contributed by atoms with Crippen LogP contribution in [0.2, 0.25) is 0 Å². The van der Waals surface area contributed by atoms with Crippen molar-refractivity contribution in [2.45, 2.75) is 48.7 Å². The molecule has 1 saturated heterocycles. The molecule has 0 spiro atoms. The molecule has 0 aromatic heterocycles. The topological polar surface area (TPSA) is 32.3 Å². The number of carbonyl (C=O) groups excluding carboxylic acids is 1. The zero-order chi connectivity index (χ0) is 15.4. The number of hydrogen-bond acceptors (Lipinski definition) is 3. The van der Waals surface area contributed by atoms with Gasteiger partial charge < -0.3 is 10.2 Å². The van der Waals surface area contributed by atoms with Gasteiger partial charge in [0, 0.05) is 24.5 Å². The number of aryl methyl sites for hydroxylation is 1. The van der Waals surface area contributed by atoms with E-state index < -0.39 is 0 Å². The van der Waals surface area contributed by atoms with E-state index in [9.17, 15) is 4.79 Å². The first-order valence-corrected chi connectivity index (χ1v) is 9.27. The molecule has 1 aliphatic heterocycles. The molecule has 1 saturated carbocycles. The summed E-state index contributed by atoms with van der Waals surface area (Å²) in [5, 5.41) is 3.39. The van der Waals surface area contributed by atoms with E-state index in [1.165, 1.54) is 23.3 Å². The molecule has 0 radical (unpaired) electrons. The van der Waals surface area contributed by atoms with Crippen molar-refractivity contribution in [1.29, 1.82) is 0 Å². The van der Waals surface area contributed by atoms with Crippen LogP contribution >= 0.6 is 11.8 Å². The summed E-state index contributed by atoms with van der Waals surface area (Å²) in [5.41, 5.74) is 1.27. The fraction of sp³-hybridized carbons (Fsp3) is 0.611. The van der Waals surface area contributed by atoms with Crippen molar-refractivity contribution in [2.24, 2.45) is 0 Å². The summed E-state index contributed by atoms with van der Waals surface area (Å²) in [6, 6.07) is 8.62. The van der Waals surface area contributed by atoms with Crippen LogP contribution in [-0.4, -0.2) is 41.7 Å². The van der Waals surface area contributed by atoms with Crippen LogP contribution in [0.1, 0.15) is 37.7 Å². The second kappa shape index (κ2) is 7.05. The smallest absolute Gasteiger partial charge is 0.239 e. The minimum atomic E-state index is -0.223. The molecule has 1 aromatic rings. The van der Waals surface area contributed by atoms with Gasteiger partial charge in [0.2, 0.25) is 5.91 Å². The molecule has 0 bridgehead atoms. The number of benzene rings is 1. The highest BCUT2D eigenvalue weighted by Gasteiger charge is 2.44. The quantitative estimate of drug-likeness (QED) is 0.929. The van der Waals surface area contributed by atoms with Crippen molar-refractivity contribution in [3.8, 4) is 0 Å². The molecule has 0 atom stereocenters. The normalized spacial score (nSPS) is 21.6. The van der Waals surface area contributed by atoms with Crippen LogP contribution in [0.3, 0.4) is 0 Å². The number of nitrogens with one attached hydrogen (secondary N) is 1. The molecular formula is C18H26N2OS. The van der Waals surface area contributed by atoms with Crippen LogP contribution in [0.25, 0.3) is 0 Å². The Morgan fingerprint density at radius 3 is 2.55 bits per heavy atom. The van der Waals surface area contributed by atoms with Crippen molar-refractivity contribution in [3.05, 3.63) is 29.8 Å². The monoisotopic (exact) mass is 318 g/mol. The highest BCUT2D eigenvalue weighted by Crippen LogP contribution is 2.46. The van der Waals surface area contributed by atoms with Crippen molar-refractivity contribution >= 4 is 17.7 Å². The summed E-state index contributed by atoms with van der Waals surface area (Å²) in [4.78, 5) is 16.6. The second-order valence-electron chi connectivity index (χ2n) is 6.51. The minimum Gasteiger partial charge on any atom is -0.340 e. The van der Waals surface area contributed by atoms with Crippen LogP contribution in [0.5, 0.6) is 0 Å². The van der Waals surface area contributed by atoms with Crippen LogP contribution in [0, 0.1) is 6.92 Å². The van der Waals surface area contributed by atoms with Crippen molar-refractivity contribution < 1.29 is 4.79 Å². The summed E-state index contributed by atoms with van der Waals surface area (Å²) >= 11 is 1.80. The lowest BCUT2D eigenvalue weighted by Crippen LogP contribution is -2.46. The Balaban J connectivity index is 1.78. The molecule has 1 heterocycles. The van der Waals surface area contributed by atoms with E-state index in [1.54, 1.807) is 11.8 Å². The second-order valence-corrected chi connectivity index (χ2v) is 7.97. The molecule has 3 rings (SSSR count). The van der Waals surface area contributed by atoms with Gasteiger partial charge in [0.05, 0.1) is 4.75 Å². The number of carbonyl (C=O) groups is 1. The molecular weight excluding hydrogens is 292 g/mol. The maximum atomic E-state index is 13.2. The molecule has 0 unspecified atom stereocenters. The van der Waals surface area contributed by atoms with Gasteiger partial charge in [-0.1, -0.05) is 30.5 Å². The molecule has 1 N–H and O–H groups in total. The lowest BCUT2D eigenvalue weighted by Gasteiger charge is -2.33. The Morgan fingerprint density at radius 1 is 1.09 bits per heavy atom. The number of amides is 1. The zero-order valence-electron chi connectivity index (χ0n) is 13.4. The van der Waals surface area contributed by atoms with Crippen molar-refractivity contribution in [2.75, 3.05) is 26.2 Å². The number of hydrogen-bond donors (Lipinski definition) is 1. The average molecular weight is 318 g/mol. The lowest BCUT2D eigenvalue weighted by molar-refractivity contribution is -0.133. The third-order valence-corrected chi connectivity index (χ3v) is 6.24. The molecule has 22 heavy (non-hydrogen) atoms. The van der Waals surface area contributed by atoms with Gasteiger partial charge in [0.1, 0.15) is 0 Å². The average Bonchev–Trinajstić information content (AvgIpc) is 2.83. The van der Waals surface area contributed by atoms with Crippen molar-refractivity contribution in [1.82, 2.24) is 10.2 Å². The van der Waals surface area contributed by atoms with E-state index in [-0.39, 0.29) is 4.75 Å². The van der Waals surface area contributed by atoms with E-state index >= 15 is 0 Å². The maximum absolute atomic E-state index is 13.2. The van der Waals surface area contributed by atoms with E-state index in [0.717, 1.165) is 45.4 Å². The zero-order valence-corrected chi connectivity index (χ0v) is 14.3. The summed E-state index contributed by atoms with van der Waals surface area (Å²) in [6.45, 7) is 5.82. The molecule has 2 aliphatic rings. The predicted molar refractivity (Wildman–Crippen MR) is 92.3 cm³/mol. The first kappa shape index (κ1) is 15.9. The molecule has 1 aliphatic carbocycles.